The molecule has 3 heterocycles. The zero-order chi connectivity index (χ0) is 14.1. The highest BCUT2D eigenvalue weighted by Gasteiger charge is 2.40. The lowest BCUT2D eigenvalue weighted by Crippen LogP contribution is -2.47. The van der Waals surface area contributed by atoms with Crippen LogP contribution in [0, 0.1) is 0 Å². The minimum atomic E-state index is -0.0475. The summed E-state index contributed by atoms with van der Waals surface area (Å²) >= 11 is 0. The molecule has 0 radical (unpaired) electrons. The quantitative estimate of drug-likeness (QED) is 0.921. The predicted octanol–water partition coefficient (Wildman–Crippen LogP) is 1.84. The molecule has 0 saturated carbocycles. The molecule has 5 heteroatoms. The second-order valence-corrected chi connectivity index (χ2v) is 6.06. The lowest BCUT2D eigenvalue weighted by molar-refractivity contribution is -0.0894. The minimum absolute atomic E-state index is 0.0475. The average Bonchev–Trinajstić information content (AvgIpc) is 3.15. The molecular weight excluding hydrogens is 270 g/mol. The summed E-state index contributed by atoms with van der Waals surface area (Å²) in [6.07, 6.45) is 3.09. The molecule has 2 saturated heterocycles. The lowest BCUT2D eigenvalue weighted by Gasteiger charge is -2.37. The molecule has 5 nitrogen and oxygen atoms in total. The molecule has 1 aromatic rings. The molecule has 2 unspecified atom stereocenters. The van der Waals surface area contributed by atoms with Gasteiger partial charge in [0.2, 0.25) is 6.79 Å². The van der Waals surface area contributed by atoms with Crippen molar-refractivity contribution in [3.8, 4) is 11.5 Å². The maximum absolute atomic E-state index is 5.97. The van der Waals surface area contributed by atoms with Gasteiger partial charge in [-0.1, -0.05) is 12.1 Å². The van der Waals surface area contributed by atoms with Crippen LogP contribution < -0.4 is 14.8 Å². The third kappa shape index (κ3) is 2.61. The van der Waals surface area contributed by atoms with Crippen LogP contribution in [0.4, 0.5) is 0 Å². The largest absolute Gasteiger partial charge is 0.454 e. The Balaban J connectivity index is 1.40. The molecule has 1 aromatic carbocycles. The van der Waals surface area contributed by atoms with Crippen LogP contribution in [-0.4, -0.2) is 38.3 Å². The number of para-hydroxylation sites is 1. The molecule has 3 aliphatic heterocycles. The van der Waals surface area contributed by atoms with Crippen molar-refractivity contribution in [2.24, 2.45) is 0 Å². The molecule has 114 valence electrons. The van der Waals surface area contributed by atoms with Gasteiger partial charge in [-0.05, 0) is 18.9 Å². The Kier molecular flexibility index (Phi) is 3.49. The summed E-state index contributed by atoms with van der Waals surface area (Å²) < 4.78 is 22.5. The van der Waals surface area contributed by atoms with Crippen LogP contribution in [0.3, 0.4) is 0 Å². The number of ether oxygens (including phenoxy) is 4. The van der Waals surface area contributed by atoms with Crippen LogP contribution in [0.5, 0.6) is 11.5 Å². The Hall–Kier alpha value is -1.30. The molecule has 0 bridgehead atoms. The van der Waals surface area contributed by atoms with Gasteiger partial charge in [-0.3, -0.25) is 0 Å². The Bertz CT molecular complexity index is 513. The highest BCUT2D eigenvalue weighted by Crippen LogP contribution is 2.36. The van der Waals surface area contributed by atoms with Crippen molar-refractivity contribution in [1.82, 2.24) is 5.32 Å². The second-order valence-electron chi connectivity index (χ2n) is 6.06. The molecule has 3 aliphatic rings. The Labute approximate surface area is 124 Å². The zero-order valence-corrected chi connectivity index (χ0v) is 12.1. The lowest BCUT2D eigenvalue weighted by atomic mass is 9.89. The van der Waals surface area contributed by atoms with Gasteiger partial charge in [0.05, 0.1) is 12.2 Å². The predicted molar refractivity (Wildman–Crippen MR) is 76.5 cm³/mol. The van der Waals surface area contributed by atoms with Crippen molar-refractivity contribution in [1.29, 1.82) is 0 Å². The van der Waals surface area contributed by atoms with Crippen LogP contribution in [0.25, 0.3) is 0 Å². The van der Waals surface area contributed by atoms with Crippen molar-refractivity contribution in [3.05, 3.63) is 23.8 Å². The molecule has 2 fully saturated rings. The smallest absolute Gasteiger partial charge is 0.231 e. The second kappa shape index (κ2) is 5.48. The first-order chi connectivity index (χ1) is 10.3. The summed E-state index contributed by atoms with van der Waals surface area (Å²) in [5.74, 6) is 1.73. The Morgan fingerprint density at radius 3 is 3.14 bits per heavy atom. The van der Waals surface area contributed by atoms with E-state index in [1.54, 1.807) is 0 Å². The van der Waals surface area contributed by atoms with E-state index in [0.717, 1.165) is 62.7 Å². The SMILES string of the molecule is c1cc(CNC2CCOC3(CCOC3)C2)c2c(c1)OCO2. The summed E-state index contributed by atoms with van der Waals surface area (Å²) in [7, 11) is 0. The fraction of sp³-hybridized carbons (Fsp3) is 0.625. The van der Waals surface area contributed by atoms with E-state index in [1.807, 2.05) is 12.1 Å². The number of benzene rings is 1. The van der Waals surface area contributed by atoms with Gasteiger partial charge < -0.3 is 24.3 Å². The van der Waals surface area contributed by atoms with Crippen molar-refractivity contribution in [3.63, 3.8) is 0 Å². The van der Waals surface area contributed by atoms with Crippen LogP contribution in [-0.2, 0) is 16.0 Å². The summed E-state index contributed by atoms with van der Waals surface area (Å²) in [6.45, 7) is 3.50. The van der Waals surface area contributed by atoms with Gasteiger partial charge >= 0.3 is 0 Å². The van der Waals surface area contributed by atoms with E-state index in [4.69, 9.17) is 18.9 Å². The number of nitrogens with one attached hydrogen (secondary N) is 1. The summed E-state index contributed by atoms with van der Waals surface area (Å²) in [5, 5.41) is 3.65. The van der Waals surface area contributed by atoms with Gasteiger partial charge in [0.15, 0.2) is 11.5 Å². The molecule has 1 N–H and O–H groups in total. The fourth-order valence-electron chi connectivity index (χ4n) is 3.45. The van der Waals surface area contributed by atoms with Gasteiger partial charge in [-0.25, -0.2) is 0 Å². The number of rotatable bonds is 3. The topological polar surface area (TPSA) is 49.0 Å². The van der Waals surface area contributed by atoms with Crippen LogP contribution >= 0.6 is 0 Å². The third-order valence-electron chi connectivity index (χ3n) is 4.62. The standard InChI is InChI=1S/C16H21NO4/c1-2-12(15-14(3-1)19-11-20-15)9-17-13-4-6-21-16(8-13)5-7-18-10-16/h1-3,13,17H,4-11H2. The van der Waals surface area contributed by atoms with E-state index in [1.165, 1.54) is 0 Å². The van der Waals surface area contributed by atoms with Gasteiger partial charge in [-0.2, -0.15) is 0 Å². The summed E-state index contributed by atoms with van der Waals surface area (Å²) in [6, 6.07) is 6.53. The van der Waals surface area contributed by atoms with Crippen molar-refractivity contribution < 1.29 is 18.9 Å². The zero-order valence-electron chi connectivity index (χ0n) is 12.1. The van der Waals surface area contributed by atoms with Crippen LogP contribution in [0.1, 0.15) is 24.8 Å². The minimum Gasteiger partial charge on any atom is -0.454 e. The Morgan fingerprint density at radius 2 is 2.24 bits per heavy atom. The van der Waals surface area contributed by atoms with Gasteiger partial charge in [0, 0.05) is 37.8 Å². The van der Waals surface area contributed by atoms with Gasteiger partial charge in [0.25, 0.3) is 0 Å². The molecule has 0 aromatic heterocycles. The molecule has 0 aliphatic carbocycles. The fourth-order valence-corrected chi connectivity index (χ4v) is 3.45. The number of fused-ring (bicyclic) bond motifs is 1. The molecule has 21 heavy (non-hydrogen) atoms. The highest BCUT2D eigenvalue weighted by atomic mass is 16.7. The molecular formula is C16H21NO4. The molecule has 4 rings (SSSR count). The summed E-state index contributed by atoms with van der Waals surface area (Å²) in [5.41, 5.74) is 1.11. The van der Waals surface area contributed by atoms with Gasteiger partial charge in [0.1, 0.15) is 0 Å². The van der Waals surface area contributed by atoms with Crippen molar-refractivity contribution >= 4 is 0 Å². The van der Waals surface area contributed by atoms with E-state index >= 15 is 0 Å². The summed E-state index contributed by atoms with van der Waals surface area (Å²) in [4.78, 5) is 0. The Morgan fingerprint density at radius 1 is 1.24 bits per heavy atom. The molecule has 2 atom stereocenters. The number of hydrogen-bond acceptors (Lipinski definition) is 5. The van der Waals surface area contributed by atoms with E-state index < -0.39 is 0 Å². The van der Waals surface area contributed by atoms with Gasteiger partial charge in [-0.15, -0.1) is 0 Å². The maximum atomic E-state index is 5.97. The maximum Gasteiger partial charge on any atom is 0.231 e. The van der Waals surface area contributed by atoms with Crippen LogP contribution in [0.2, 0.25) is 0 Å². The van der Waals surface area contributed by atoms with E-state index in [-0.39, 0.29) is 5.60 Å². The van der Waals surface area contributed by atoms with Crippen molar-refractivity contribution in [2.75, 3.05) is 26.6 Å². The van der Waals surface area contributed by atoms with E-state index in [2.05, 4.69) is 11.4 Å². The first-order valence-electron chi connectivity index (χ1n) is 7.67. The highest BCUT2D eigenvalue weighted by molar-refractivity contribution is 5.48. The number of hydrogen-bond donors (Lipinski definition) is 1. The first kappa shape index (κ1) is 13.4. The van der Waals surface area contributed by atoms with E-state index in [0.29, 0.717) is 12.8 Å². The normalized spacial score (nSPS) is 31.0. The third-order valence-corrected chi connectivity index (χ3v) is 4.62. The van der Waals surface area contributed by atoms with Crippen LogP contribution in [0.15, 0.2) is 18.2 Å². The monoisotopic (exact) mass is 291 g/mol. The average molecular weight is 291 g/mol. The first-order valence-corrected chi connectivity index (χ1v) is 7.67. The molecule has 0 amide bonds. The van der Waals surface area contributed by atoms with Crippen molar-refractivity contribution in [2.45, 2.75) is 37.5 Å². The van der Waals surface area contributed by atoms with E-state index in [9.17, 15) is 0 Å². The molecule has 1 spiro atoms.